The lowest BCUT2D eigenvalue weighted by Gasteiger charge is -2.13. The van der Waals surface area contributed by atoms with Gasteiger partial charge in [0.2, 0.25) is 0 Å². The highest BCUT2D eigenvalue weighted by Gasteiger charge is 2.16. The number of halogens is 1. The number of hydrogen-bond acceptors (Lipinski definition) is 2. The van der Waals surface area contributed by atoms with E-state index in [-0.39, 0.29) is 33.8 Å². The Balaban J connectivity index is 2.44. The first-order chi connectivity index (χ1) is 12.2. The van der Waals surface area contributed by atoms with E-state index in [1.54, 1.807) is 0 Å². The van der Waals surface area contributed by atoms with Crippen LogP contribution >= 0.6 is 0 Å². The molecule has 104 valence electrons. The molecular formula is C18H13FO2. The van der Waals surface area contributed by atoms with Gasteiger partial charge in [-0.3, -0.25) is 0 Å². The molecule has 0 bridgehead atoms. The molecule has 3 rings (SSSR count). The molecular weight excluding hydrogens is 267 g/mol. The monoisotopic (exact) mass is 285 g/mol. The molecule has 0 aliphatic heterocycles. The van der Waals surface area contributed by atoms with Gasteiger partial charge in [-0.1, -0.05) is 42.3 Å². The number of rotatable bonds is 2. The van der Waals surface area contributed by atoms with E-state index in [9.17, 15) is 14.6 Å². The Hall–Kier alpha value is -2.81. The van der Waals surface area contributed by atoms with E-state index in [1.807, 2.05) is 0 Å². The van der Waals surface area contributed by atoms with Crippen molar-refractivity contribution in [1.82, 2.24) is 0 Å². The van der Waals surface area contributed by atoms with E-state index in [0.29, 0.717) is 0 Å². The topological polar surface area (TPSA) is 40.5 Å². The predicted octanol–water partition coefficient (Wildman–Crippen LogP) is 4.57. The van der Waals surface area contributed by atoms with Gasteiger partial charge >= 0.3 is 0 Å². The largest absolute Gasteiger partial charge is 0.508 e. The van der Waals surface area contributed by atoms with Gasteiger partial charge in [0.25, 0.3) is 0 Å². The Kier molecular flexibility index (Phi) is 2.13. The van der Waals surface area contributed by atoms with Crippen LogP contribution in [0.25, 0.3) is 22.3 Å². The highest BCUT2D eigenvalue weighted by atomic mass is 19.1. The van der Waals surface area contributed by atoms with Gasteiger partial charge in [-0.25, -0.2) is 4.39 Å². The van der Waals surface area contributed by atoms with Crippen LogP contribution in [0.3, 0.4) is 0 Å². The highest BCUT2D eigenvalue weighted by molar-refractivity contribution is 5.86. The quantitative estimate of drug-likeness (QED) is 0.677. The molecule has 3 aromatic carbocycles. The summed E-state index contributed by atoms with van der Waals surface area (Å²) in [5.74, 6) is -1.30. The Morgan fingerprint density at radius 1 is 0.905 bits per heavy atom. The third-order valence-electron chi connectivity index (χ3n) is 3.03. The summed E-state index contributed by atoms with van der Waals surface area (Å²) in [5.41, 5.74) is -0.388. The van der Waals surface area contributed by atoms with Gasteiger partial charge in [0.05, 0.1) is 6.85 Å². The van der Waals surface area contributed by atoms with Gasteiger partial charge in [0.15, 0.2) is 0 Å². The van der Waals surface area contributed by atoms with Gasteiger partial charge in [0, 0.05) is 11.1 Å². The summed E-state index contributed by atoms with van der Waals surface area (Å²) in [4.78, 5) is 0. The van der Waals surface area contributed by atoms with E-state index >= 15 is 0 Å². The second-order valence-corrected chi connectivity index (χ2v) is 4.36. The number of benzene rings is 3. The smallest absolute Gasteiger partial charge is 0.131 e. The molecule has 3 aromatic rings. The van der Waals surface area contributed by atoms with Gasteiger partial charge in [-0.2, -0.15) is 0 Å². The zero-order valence-corrected chi connectivity index (χ0v) is 10.7. The maximum absolute atomic E-state index is 14.6. The van der Waals surface area contributed by atoms with Crippen molar-refractivity contribution >= 4 is 0 Å². The van der Waals surface area contributed by atoms with Crippen molar-refractivity contribution in [1.29, 1.82) is 0 Å². The van der Waals surface area contributed by atoms with Crippen LogP contribution in [0.4, 0.5) is 4.39 Å². The minimum atomic E-state index is -0.768. The van der Waals surface area contributed by atoms with Crippen LogP contribution in [-0.2, 0) is 0 Å². The summed E-state index contributed by atoms with van der Waals surface area (Å²) in [6.07, 6.45) is 0. The molecule has 0 fully saturated rings. The predicted molar refractivity (Wildman–Crippen MR) is 80.6 cm³/mol. The summed E-state index contributed by atoms with van der Waals surface area (Å²) in [6.45, 7) is 0. The normalized spacial score (nSPS) is 13.9. The first kappa shape index (κ1) is 8.47. The number of phenolic OH excluding ortho intramolecular Hbond substituents is 2. The number of aromatic hydroxyl groups is 2. The van der Waals surface area contributed by atoms with E-state index in [4.69, 9.17) is 6.85 Å². The summed E-state index contributed by atoms with van der Waals surface area (Å²) < 4.78 is 54.1. The lowest BCUT2D eigenvalue weighted by molar-refractivity contribution is 0.461. The fraction of sp³-hybridized carbons (Fsp3) is 0. The minimum absolute atomic E-state index is 0.0166. The van der Waals surface area contributed by atoms with E-state index < -0.39 is 36.0 Å². The average Bonchev–Trinajstić information content (AvgIpc) is 2.61. The van der Waals surface area contributed by atoms with Crippen LogP contribution in [0.15, 0.2) is 66.6 Å². The molecule has 2 nitrogen and oxygen atoms in total. The second-order valence-electron chi connectivity index (χ2n) is 4.36. The van der Waals surface area contributed by atoms with Crippen LogP contribution in [0.1, 0.15) is 6.85 Å². The Morgan fingerprint density at radius 3 is 2.43 bits per heavy atom. The second kappa shape index (κ2) is 5.29. The zero-order valence-electron chi connectivity index (χ0n) is 15.7. The molecule has 0 spiro atoms. The standard InChI is InChI=1S/C18H13FO2/c19-16-8-4-7-14(12-5-2-1-3-6-12)18(16)15-11-13(20)9-10-17(15)21/h1-11,20-21H/i1D,2D,3D,5D,6D. The van der Waals surface area contributed by atoms with Gasteiger partial charge in [-0.05, 0) is 35.4 Å². The fourth-order valence-corrected chi connectivity index (χ4v) is 2.12. The van der Waals surface area contributed by atoms with E-state index in [2.05, 4.69) is 0 Å². The van der Waals surface area contributed by atoms with Crippen LogP contribution in [0, 0.1) is 5.82 Å². The van der Waals surface area contributed by atoms with Crippen LogP contribution in [0.5, 0.6) is 11.5 Å². The molecule has 0 aliphatic rings. The van der Waals surface area contributed by atoms with E-state index in [1.165, 1.54) is 24.3 Å². The lowest BCUT2D eigenvalue weighted by Crippen LogP contribution is -1.90. The molecule has 0 unspecified atom stereocenters. The van der Waals surface area contributed by atoms with Crippen molar-refractivity contribution in [2.45, 2.75) is 0 Å². The molecule has 0 radical (unpaired) electrons. The van der Waals surface area contributed by atoms with Crippen LogP contribution in [0.2, 0.25) is 0 Å². The maximum Gasteiger partial charge on any atom is 0.131 e. The van der Waals surface area contributed by atoms with Crippen molar-refractivity contribution in [2.24, 2.45) is 0 Å². The number of hydrogen-bond donors (Lipinski definition) is 2. The Bertz CT molecular complexity index is 1010. The van der Waals surface area contributed by atoms with Crippen molar-refractivity contribution in [3.8, 4) is 33.8 Å². The Labute approximate surface area is 128 Å². The van der Waals surface area contributed by atoms with Gasteiger partial charge in [-0.15, -0.1) is 0 Å². The number of phenols is 2. The summed E-state index contributed by atoms with van der Waals surface area (Å²) >= 11 is 0. The molecule has 0 saturated heterocycles. The van der Waals surface area contributed by atoms with E-state index in [0.717, 1.165) is 12.1 Å². The molecule has 21 heavy (non-hydrogen) atoms. The zero-order chi connectivity index (χ0) is 19.2. The molecule has 0 saturated carbocycles. The molecule has 0 aliphatic carbocycles. The lowest BCUT2D eigenvalue weighted by atomic mass is 9.93. The SMILES string of the molecule is [2H]c1c([2H])c([2H])c(-c2cccc(F)c2-c2cc(O)ccc2O)c([2H])c1[2H]. The Morgan fingerprint density at radius 2 is 1.67 bits per heavy atom. The average molecular weight is 285 g/mol. The summed E-state index contributed by atoms with van der Waals surface area (Å²) in [5, 5.41) is 19.8. The third-order valence-corrected chi connectivity index (χ3v) is 3.03. The first-order valence-corrected chi connectivity index (χ1v) is 6.12. The molecule has 0 aromatic heterocycles. The van der Waals surface area contributed by atoms with Crippen LogP contribution < -0.4 is 0 Å². The first-order valence-electron chi connectivity index (χ1n) is 8.62. The molecule has 0 amide bonds. The maximum atomic E-state index is 14.6. The fourth-order valence-electron chi connectivity index (χ4n) is 2.12. The summed E-state index contributed by atoms with van der Waals surface area (Å²) in [6, 6.07) is 4.81. The van der Waals surface area contributed by atoms with Crippen molar-refractivity contribution < 1.29 is 21.5 Å². The van der Waals surface area contributed by atoms with Crippen molar-refractivity contribution in [3.63, 3.8) is 0 Å². The van der Waals surface area contributed by atoms with Gasteiger partial charge in [0.1, 0.15) is 17.3 Å². The molecule has 0 heterocycles. The third kappa shape index (κ3) is 2.46. The van der Waals surface area contributed by atoms with Gasteiger partial charge < -0.3 is 10.2 Å². The minimum Gasteiger partial charge on any atom is -0.508 e. The summed E-state index contributed by atoms with van der Waals surface area (Å²) in [7, 11) is 0. The molecule has 3 heteroatoms. The highest BCUT2D eigenvalue weighted by Crippen LogP contribution is 2.39. The van der Waals surface area contributed by atoms with Crippen molar-refractivity contribution in [2.75, 3.05) is 0 Å². The van der Waals surface area contributed by atoms with Crippen LogP contribution in [-0.4, -0.2) is 10.2 Å². The van der Waals surface area contributed by atoms with Crippen molar-refractivity contribution in [3.05, 3.63) is 72.4 Å². The molecule has 0 atom stereocenters. The molecule has 2 N–H and O–H groups in total.